The van der Waals surface area contributed by atoms with Crippen molar-refractivity contribution in [1.29, 1.82) is 0 Å². The number of anilines is 8. The molecule has 4 unspecified atom stereocenters. The molecule has 9 N–H and O–H groups in total. The van der Waals surface area contributed by atoms with Gasteiger partial charge in [0.2, 0.25) is 47.6 Å². The van der Waals surface area contributed by atoms with Gasteiger partial charge in [0.15, 0.2) is 22.6 Å². The maximum absolute atomic E-state index is 5.68. The summed E-state index contributed by atoms with van der Waals surface area (Å²) < 4.78 is 28.5. The lowest BCUT2D eigenvalue weighted by Crippen LogP contribution is -2.44. The van der Waals surface area contributed by atoms with Crippen LogP contribution in [0.1, 0.15) is 104 Å². The summed E-state index contributed by atoms with van der Waals surface area (Å²) in [4.78, 5) is 101. The zero-order chi connectivity index (χ0) is 72.8. The molecule has 0 radical (unpaired) electrons. The number of ether oxygens (including phenoxy) is 4. The van der Waals surface area contributed by atoms with Crippen LogP contribution >= 0.6 is 0 Å². The van der Waals surface area contributed by atoms with Crippen molar-refractivity contribution in [2.24, 2.45) is 11.8 Å². The van der Waals surface area contributed by atoms with Gasteiger partial charge < -0.3 is 80.2 Å². The van der Waals surface area contributed by atoms with Crippen molar-refractivity contribution in [3.63, 3.8) is 0 Å². The van der Waals surface area contributed by atoms with Gasteiger partial charge in [-0.2, -0.15) is 19.9 Å². The van der Waals surface area contributed by atoms with E-state index in [0.29, 0.717) is 100 Å². The third-order valence-corrected chi connectivity index (χ3v) is 20.3. The first-order valence-electron chi connectivity index (χ1n) is 36.4. The van der Waals surface area contributed by atoms with E-state index in [1.54, 1.807) is 55.9 Å². The molecule has 4 atom stereocenters. The average molecular weight is 1440 g/mol. The molecule has 16 heterocycles. The molecule has 106 heavy (non-hydrogen) atoms. The number of aromatic amines is 1. The van der Waals surface area contributed by atoms with Gasteiger partial charge in [0.05, 0.1) is 84.2 Å². The van der Waals surface area contributed by atoms with E-state index in [2.05, 4.69) is 138 Å². The van der Waals surface area contributed by atoms with Crippen molar-refractivity contribution in [1.82, 2.24) is 118 Å². The lowest BCUT2D eigenvalue weighted by Gasteiger charge is -2.33. The standard InChI is InChI=1S/C20H26N8O.C19H24N8O.C18H24N8O.C13H14N8O/c1-13-2-4-15(5-3-13)28-12-24-17-16(14-10-22-19(21)23-11-14)25-20(26-18(17)28)27-6-8-29-9-7-27;1-12-2-3-14(8-12)27-11-23-16-15(13-9-21-18(20)22-10-13)24-19(25-17(16)27)26-4-6-28-7-5-26;1-4-11(2)26-10-22-15-14(13-7-20-17(19)21-8-13)23-18(24-16(15)26)25-5-6-27-9-12(25)3;14-12-15-5-8(6-16-12)9-10-11(18-7-17-10)20-13(19-9)21-1-3-22-4-2-21/h10-13,15H,2-9H2,1H3,(H2,21,22,23);9-12,14H,2-8H2,1H3,(H2,20,21,22);7-8,10-12H,4-6,9H2,1-3H3,(H2,19,20,21);5-7H,1-4H2,(H2,14,15,16)(H,17,18,19,20). The normalized spacial score (nSPS) is 20.3. The van der Waals surface area contributed by atoms with Crippen LogP contribution in [0, 0.1) is 11.8 Å². The maximum Gasteiger partial charge on any atom is 0.228 e. The Morgan fingerprint density at radius 3 is 1.28 bits per heavy atom. The topological polar surface area (TPSA) is 442 Å². The number of hydrogen-bond donors (Lipinski definition) is 5. The molecule has 6 aliphatic rings. The van der Waals surface area contributed by atoms with E-state index in [-0.39, 0.29) is 35.9 Å². The van der Waals surface area contributed by atoms with Gasteiger partial charge in [-0.25, -0.2) is 79.7 Å². The lowest BCUT2D eigenvalue weighted by atomic mass is 9.87. The Balaban J connectivity index is 0.000000114. The number of fused-ring (bicyclic) bond motifs is 4. The molecule has 36 heteroatoms. The molecule has 0 spiro atoms. The van der Waals surface area contributed by atoms with Crippen LogP contribution in [0.25, 0.3) is 89.7 Å². The second-order valence-corrected chi connectivity index (χ2v) is 27.5. The van der Waals surface area contributed by atoms with Gasteiger partial charge in [-0.15, -0.1) is 0 Å². The highest BCUT2D eigenvalue weighted by atomic mass is 16.5. The highest BCUT2D eigenvalue weighted by Gasteiger charge is 2.31. The Hall–Kier alpha value is -11.2. The third-order valence-electron chi connectivity index (χ3n) is 20.3. The zero-order valence-electron chi connectivity index (χ0n) is 60.2. The smallest absolute Gasteiger partial charge is 0.228 e. The molecule has 6 fully saturated rings. The molecule has 0 bridgehead atoms. The summed E-state index contributed by atoms with van der Waals surface area (Å²) >= 11 is 0. The average Bonchev–Trinajstić information content (AvgIpc) is 1.60. The number of nitrogens with zero attached hydrogens (tertiary/aromatic N) is 27. The number of rotatable bonds is 12. The highest BCUT2D eigenvalue weighted by molar-refractivity contribution is 5.91. The number of nitrogens with two attached hydrogens (primary N) is 4. The number of aromatic nitrogens is 24. The molecule has 0 aromatic carbocycles. The van der Waals surface area contributed by atoms with E-state index < -0.39 is 0 Å². The predicted octanol–water partition coefficient (Wildman–Crippen LogP) is 6.81. The van der Waals surface area contributed by atoms with E-state index in [9.17, 15) is 0 Å². The van der Waals surface area contributed by atoms with Crippen LogP contribution in [-0.2, 0) is 18.9 Å². The Bertz CT molecular complexity index is 4930. The fourth-order valence-corrected chi connectivity index (χ4v) is 14.1. The predicted molar refractivity (Wildman–Crippen MR) is 400 cm³/mol. The van der Waals surface area contributed by atoms with Crippen molar-refractivity contribution in [3.8, 4) is 45.0 Å². The van der Waals surface area contributed by atoms with E-state index >= 15 is 0 Å². The van der Waals surface area contributed by atoms with Crippen LogP contribution in [0.3, 0.4) is 0 Å². The second-order valence-electron chi connectivity index (χ2n) is 27.5. The van der Waals surface area contributed by atoms with E-state index in [1.807, 2.05) is 19.0 Å². The van der Waals surface area contributed by atoms with Crippen molar-refractivity contribution >= 4 is 92.2 Å². The molecule has 552 valence electrons. The van der Waals surface area contributed by atoms with Gasteiger partial charge in [0, 0.05) is 136 Å². The number of H-pyrrole nitrogens is 1. The van der Waals surface area contributed by atoms with Gasteiger partial charge in [-0.1, -0.05) is 20.8 Å². The fourth-order valence-electron chi connectivity index (χ4n) is 14.1. The second kappa shape index (κ2) is 31.6. The van der Waals surface area contributed by atoms with E-state index in [4.69, 9.17) is 76.8 Å². The summed E-state index contributed by atoms with van der Waals surface area (Å²) in [6.45, 7) is 21.8. The molecule has 4 saturated heterocycles. The molecule has 2 saturated carbocycles. The van der Waals surface area contributed by atoms with Crippen LogP contribution in [0.5, 0.6) is 0 Å². The molecular weight excluding hydrogens is 1350 g/mol. The van der Waals surface area contributed by atoms with Crippen LogP contribution in [0.15, 0.2) is 74.9 Å². The Morgan fingerprint density at radius 1 is 0.425 bits per heavy atom. The summed E-state index contributed by atoms with van der Waals surface area (Å²) in [6.07, 6.45) is 30.1. The van der Waals surface area contributed by atoms with Crippen molar-refractivity contribution in [2.45, 2.75) is 110 Å². The molecule has 18 rings (SSSR count). The molecular formula is C70H88N32O4. The molecule has 12 aromatic rings. The Morgan fingerprint density at radius 2 is 0.821 bits per heavy atom. The summed E-state index contributed by atoms with van der Waals surface area (Å²) in [5, 5.41) is 0. The van der Waals surface area contributed by atoms with E-state index in [1.165, 1.54) is 19.3 Å². The molecule has 0 amide bonds. The Kier molecular flexibility index (Phi) is 21.0. The number of imidazole rings is 4. The molecule has 36 nitrogen and oxygen atoms in total. The number of nitrogen functional groups attached to an aromatic ring is 4. The maximum atomic E-state index is 5.68. The van der Waals surface area contributed by atoms with Crippen molar-refractivity contribution in [3.05, 3.63) is 74.9 Å². The lowest BCUT2D eigenvalue weighted by molar-refractivity contribution is 0.0981. The number of hydrogen-bond acceptors (Lipinski definition) is 32. The van der Waals surface area contributed by atoms with Gasteiger partial charge in [0.25, 0.3) is 0 Å². The van der Waals surface area contributed by atoms with Crippen LogP contribution in [0.2, 0.25) is 0 Å². The first-order chi connectivity index (χ1) is 51.8. The minimum Gasteiger partial charge on any atom is -0.378 e. The molecule has 12 aromatic heterocycles. The fraction of sp³-hybridized carbons (Fsp3) is 0.486. The molecule has 2 aliphatic carbocycles. The highest BCUT2D eigenvalue weighted by Crippen LogP contribution is 2.39. The first-order valence-corrected chi connectivity index (χ1v) is 36.4. The summed E-state index contributed by atoms with van der Waals surface area (Å²) in [5.41, 5.74) is 34.9. The zero-order valence-corrected chi connectivity index (χ0v) is 60.2. The SMILES string of the molecule is CC1CCC(n2cnc3c(-c4cnc(N)nc4)nc(N4CCOCC4)nc32)C1.CC1CCC(n2cnc3c(-c4cnc(N)nc4)nc(N4CCOCC4)nc32)CC1.CCC(C)n1cnc2c(-c3cnc(N)nc3)nc(N3CCOCC3C)nc21.Nc1ncc(-c2nc(N3CCOCC3)nc3nc[nH]c23)cn1. The van der Waals surface area contributed by atoms with Crippen molar-refractivity contribution in [2.75, 3.05) is 141 Å². The largest absolute Gasteiger partial charge is 0.378 e. The first kappa shape index (κ1) is 70.4. The minimum atomic E-state index is 0.201. The summed E-state index contributed by atoms with van der Waals surface area (Å²) in [7, 11) is 0. The summed E-state index contributed by atoms with van der Waals surface area (Å²) in [6, 6.07) is 1.35. The monoisotopic (exact) mass is 1440 g/mol. The van der Waals surface area contributed by atoms with Crippen molar-refractivity contribution < 1.29 is 18.9 Å². The quantitative estimate of drug-likeness (QED) is 0.0838. The van der Waals surface area contributed by atoms with Gasteiger partial charge in [-0.05, 0) is 77.0 Å². The number of nitrogens with one attached hydrogen (secondary N) is 1. The van der Waals surface area contributed by atoms with Crippen LogP contribution in [-0.4, -0.2) is 223 Å². The number of morpholine rings is 4. The van der Waals surface area contributed by atoms with Gasteiger partial charge in [-0.3, -0.25) is 0 Å². The van der Waals surface area contributed by atoms with Gasteiger partial charge >= 0.3 is 0 Å². The van der Waals surface area contributed by atoms with Crippen LogP contribution < -0.4 is 42.5 Å². The minimum absolute atomic E-state index is 0.201. The third kappa shape index (κ3) is 15.3. The van der Waals surface area contributed by atoms with Gasteiger partial charge in [0.1, 0.15) is 44.8 Å². The molecule has 4 aliphatic heterocycles. The van der Waals surface area contributed by atoms with E-state index in [0.717, 1.165) is 168 Å². The van der Waals surface area contributed by atoms with Crippen LogP contribution in [0.4, 0.5) is 47.6 Å². The Labute approximate surface area is 610 Å². The summed E-state index contributed by atoms with van der Waals surface area (Å²) in [5.74, 6) is 5.19.